The van der Waals surface area contributed by atoms with Crippen molar-refractivity contribution in [2.75, 3.05) is 13.7 Å². The van der Waals surface area contributed by atoms with Crippen molar-refractivity contribution in [1.82, 2.24) is 31.3 Å². The molecule has 0 bridgehead atoms. The summed E-state index contributed by atoms with van der Waals surface area (Å²) in [6.07, 6.45) is -1.08. The van der Waals surface area contributed by atoms with Crippen molar-refractivity contribution in [3.63, 3.8) is 0 Å². The molecule has 0 spiro atoms. The fraction of sp³-hybridized carbons (Fsp3) is 0.571. The molecule has 0 radical (unpaired) electrons. The second kappa shape index (κ2) is 6.37. The fourth-order valence-electron chi connectivity index (χ4n) is 0.936. The maximum Gasteiger partial charge on any atom is 0.334 e. The third-order valence-electron chi connectivity index (χ3n) is 1.80. The number of carboxylic acid groups (broad SMARTS) is 1. The Kier molecular flexibility index (Phi) is 4.81. The molecule has 1 aromatic heterocycles. The van der Waals surface area contributed by atoms with Gasteiger partial charge in [0.25, 0.3) is 0 Å². The highest BCUT2D eigenvalue weighted by molar-refractivity contribution is 5.76. The van der Waals surface area contributed by atoms with Crippen molar-refractivity contribution < 1.29 is 19.4 Å². The van der Waals surface area contributed by atoms with Gasteiger partial charge in [-0.3, -0.25) is 0 Å². The van der Waals surface area contributed by atoms with Crippen LogP contribution in [0.25, 0.3) is 0 Å². The number of urea groups is 1. The summed E-state index contributed by atoms with van der Waals surface area (Å²) in [5.41, 5.74) is 0. The van der Waals surface area contributed by atoms with Crippen LogP contribution in [0.1, 0.15) is 5.82 Å². The molecule has 0 aliphatic heterocycles. The summed E-state index contributed by atoms with van der Waals surface area (Å²) in [5, 5.41) is 26.2. The van der Waals surface area contributed by atoms with Crippen molar-refractivity contribution in [3.8, 4) is 0 Å². The Labute approximate surface area is 95.7 Å². The summed E-state index contributed by atoms with van der Waals surface area (Å²) >= 11 is 0. The van der Waals surface area contributed by atoms with Gasteiger partial charge in [0, 0.05) is 7.11 Å². The van der Waals surface area contributed by atoms with E-state index in [2.05, 4.69) is 36.0 Å². The lowest BCUT2D eigenvalue weighted by atomic mass is 10.3. The molecule has 0 saturated heterocycles. The summed E-state index contributed by atoms with van der Waals surface area (Å²) in [7, 11) is 1.25. The number of carbonyl (C=O) groups is 2. The second-order valence-electron chi connectivity index (χ2n) is 2.95. The minimum atomic E-state index is -1.15. The third kappa shape index (κ3) is 4.42. The molecule has 10 nitrogen and oxygen atoms in total. The Hall–Kier alpha value is -2.23. The van der Waals surface area contributed by atoms with Gasteiger partial charge in [-0.25, -0.2) is 9.59 Å². The standard InChI is InChI=1S/C7H12N6O4/c1-17-4(6(14)15)2-8-7(16)9-3-5-10-12-13-11-5/h4H,2-3H2,1H3,(H,14,15)(H2,8,9,16)(H,10,11,12,13). The molecule has 17 heavy (non-hydrogen) atoms. The minimum absolute atomic E-state index is 0.0903. The number of hydrogen-bond donors (Lipinski definition) is 4. The van der Waals surface area contributed by atoms with Gasteiger partial charge in [0.1, 0.15) is 0 Å². The minimum Gasteiger partial charge on any atom is -0.479 e. The van der Waals surface area contributed by atoms with Crippen LogP contribution in [0.15, 0.2) is 0 Å². The van der Waals surface area contributed by atoms with Crippen molar-refractivity contribution in [2.24, 2.45) is 0 Å². The van der Waals surface area contributed by atoms with Crippen molar-refractivity contribution >= 4 is 12.0 Å². The highest BCUT2D eigenvalue weighted by Crippen LogP contribution is 1.88. The molecule has 94 valence electrons. The van der Waals surface area contributed by atoms with E-state index in [0.29, 0.717) is 5.82 Å². The lowest BCUT2D eigenvalue weighted by Gasteiger charge is -2.11. The predicted octanol–water partition coefficient (Wildman–Crippen LogP) is -1.90. The zero-order valence-electron chi connectivity index (χ0n) is 9.01. The van der Waals surface area contributed by atoms with E-state index in [1.54, 1.807) is 0 Å². The molecule has 0 saturated carbocycles. The van der Waals surface area contributed by atoms with Crippen LogP contribution < -0.4 is 10.6 Å². The quantitative estimate of drug-likeness (QED) is 0.457. The summed E-state index contributed by atoms with van der Waals surface area (Å²) in [4.78, 5) is 21.8. The molecule has 4 N–H and O–H groups in total. The average Bonchev–Trinajstić information content (AvgIpc) is 2.79. The Morgan fingerprint density at radius 3 is 2.82 bits per heavy atom. The van der Waals surface area contributed by atoms with E-state index >= 15 is 0 Å². The molecule has 1 rings (SSSR count). The molecule has 10 heteroatoms. The average molecular weight is 244 g/mol. The maximum atomic E-state index is 11.2. The van der Waals surface area contributed by atoms with Gasteiger partial charge in [-0.2, -0.15) is 5.21 Å². The van der Waals surface area contributed by atoms with E-state index in [-0.39, 0.29) is 13.1 Å². The van der Waals surface area contributed by atoms with E-state index in [1.165, 1.54) is 7.11 Å². The number of methoxy groups -OCH3 is 1. The Bertz CT molecular complexity index is 366. The molecule has 1 heterocycles. The largest absolute Gasteiger partial charge is 0.479 e. The normalized spacial score (nSPS) is 11.8. The number of nitrogens with one attached hydrogen (secondary N) is 3. The molecule has 0 aliphatic rings. The number of aliphatic carboxylic acids is 1. The Morgan fingerprint density at radius 1 is 1.53 bits per heavy atom. The molecule has 1 unspecified atom stereocenters. The molecule has 0 aliphatic carbocycles. The van der Waals surface area contributed by atoms with Gasteiger partial charge in [-0.05, 0) is 0 Å². The molecular weight excluding hydrogens is 232 g/mol. The van der Waals surface area contributed by atoms with Crippen molar-refractivity contribution in [3.05, 3.63) is 5.82 Å². The Balaban J connectivity index is 2.23. The first kappa shape index (κ1) is 12.8. The van der Waals surface area contributed by atoms with Gasteiger partial charge in [-0.15, -0.1) is 10.2 Å². The third-order valence-corrected chi connectivity index (χ3v) is 1.80. The van der Waals surface area contributed by atoms with Gasteiger partial charge < -0.3 is 20.5 Å². The number of aromatic nitrogens is 4. The van der Waals surface area contributed by atoms with Crippen LogP contribution in [-0.2, 0) is 16.1 Å². The highest BCUT2D eigenvalue weighted by Gasteiger charge is 2.16. The topological polar surface area (TPSA) is 142 Å². The number of nitrogens with zero attached hydrogens (tertiary/aromatic N) is 3. The first-order valence-corrected chi connectivity index (χ1v) is 4.63. The van der Waals surface area contributed by atoms with E-state index in [0.717, 1.165) is 0 Å². The monoisotopic (exact) mass is 244 g/mol. The van der Waals surface area contributed by atoms with Gasteiger partial charge in [-0.1, -0.05) is 5.21 Å². The van der Waals surface area contributed by atoms with Gasteiger partial charge in [0.15, 0.2) is 11.9 Å². The fourth-order valence-corrected chi connectivity index (χ4v) is 0.936. The van der Waals surface area contributed by atoms with Gasteiger partial charge in [0.2, 0.25) is 0 Å². The lowest BCUT2D eigenvalue weighted by molar-refractivity contribution is -0.147. The van der Waals surface area contributed by atoms with Gasteiger partial charge in [0.05, 0.1) is 13.1 Å². The smallest absolute Gasteiger partial charge is 0.334 e. The van der Waals surface area contributed by atoms with E-state index < -0.39 is 18.1 Å². The summed E-state index contributed by atoms with van der Waals surface area (Å²) in [6, 6.07) is -0.543. The van der Waals surface area contributed by atoms with Crippen LogP contribution in [0, 0.1) is 0 Å². The molecule has 1 aromatic rings. The number of carboxylic acids is 1. The summed E-state index contributed by atoms with van der Waals surface area (Å²) in [5.74, 6) is -0.826. The number of hydrogen-bond acceptors (Lipinski definition) is 6. The van der Waals surface area contributed by atoms with Crippen LogP contribution >= 0.6 is 0 Å². The first-order valence-electron chi connectivity index (χ1n) is 4.63. The van der Waals surface area contributed by atoms with Crippen molar-refractivity contribution in [1.29, 1.82) is 0 Å². The molecular formula is C7H12N6O4. The van der Waals surface area contributed by atoms with Crippen LogP contribution in [0.3, 0.4) is 0 Å². The zero-order valence-corrected chi connectivity index (χ0v) is 9.01. The lowest BCUT2D eigenvalue weighted by Crippen LogP contribution is -2.42. The number of H-pyrrole nitrogens is 1. The van der Waals surface area contributed by atoms with Crippen LogP contribution in [0.5, 0.6) is 0 Å². The van der Waals surface area contributed by atoms with Crippen LogP contribution in [0.4, 0.5) is 4.79 Å². The number of carbonyl (C=O) groups excluding carboxylic acids is 1. The van der Waals surface area contributed by atoms with E-state index in [1.807, 2.05) is 0 Å². The summed E-state index contributed by atoms with van der Waals surface area (Å²) in [6.45, 7) is -0.0447. The van der Waals surface area contributed by atoms with Crippen molar-refractivity contribution in [2.45, 2.75) is 12.6 Å². The molecule has 1 atom stereocenters. The zero-order chi connectivity index (χ0) is 12.7. The number of ether oxygens (including phenoxy) is 1. The molecule has 2 amide bonds. The van der Waals surface area contributed by atoms with E-state index in [4.69, 9.17) is 5.11 Å². The molecule has 0 aromatic carbocycles. The second-order valence-corrected chi connectivity index (χ2v) is 2.95. The number of amides is 2. The Morgan fingerprint density at radius 2 is 2.29 bits per heavy atom. The highest BCUT2D eigenvalue weighted by atomic mass is 16.5. The summed E-state index contributed by atoms with van der Waals surface area (Å²) < 4.78 is 4.63. The van der Waals surface area contributed by atoms with Crippen LogP contribution in [-0.4, -0.2) is 57.5 Å². The van der Waals surface area contributed by atoms with E-state index in [9.17, 15) is 9.59 Å². The number of rotatable bonds is 6. The molecule has 0 fully saturated rings. The van der Waals surface area contributed by atoms with Crippen LogP contribution in [0.2, 0.25) is 0 Å². The number of aromatic amines is 1. The number of tetrazole rings is 1. The first-order chi connectivity index (χ1) is 8.13. The SMILES string of the molecule is COC(CNC(=O)NCc1nn[nH]n1)C(=O)O. The predicted molar refractivity (Wildman–Crippen MR) is 52.8 cm³/mol. The maximum absolute atomic E-state index is 11.2. The van der Waals surface area contributed by atoms with Gasteiger partial charge >= 0.3 is 12.0 Å².